The van der Waals surface area contributed by atoms with Gasteiger partial charge in [-0.2, -0.15) is 0 Å². The molecule has 2 heterocycles. The number of aromatic nitrogens is 2. The normalized spacial score (nSPS) is 14.4. The molecule has 32 heavy (non-hydrogen) atoms. The predicted molar refractivity (Wildman–Crippen MR) is 129 cm³/mol. The minimum absolute atomic E-state index is 0.0949. The molecule has 0 atom stereocenters. The first-order valence-electron chi connectivity index (χ1n) is 10.9. The van der Waals surface area contributed by atoms with Crippen LogP contribution in [0.2, 0.25) is 0 Å². The number of fused-ring (bicyclic) bond motifs is 3. The summed E-state index contributed by atoms with van der Waals surface area (Å²) in [6.07, 6.45) is 4.06. The van der Waals surface area contributed by atoms with Gasteiger partial charge in [0.15, 0.2) is 5.16 Å². The lowest BCUT2D eigenvalue weighted by molar-refractivity contribution is -0.113. The Morgan fingerprint density at radius 3 is 2.75 bits per heavy atom. The zero-order valence-corrected chi connectivity index (χ0v) is 19.0. The second-order valence-corrected chi connectivity index (χ2v) is 9.38. The average molecular weight is 448 g/mol. The second-order valence-electron chi connectivity index (χ2n) is 8.44. The summed E-state index contributed by atoms with van der Waals surface area (Å²) in [5.74, 6) is 0.0552. The minimum Gasteiger partial charge on any atom is -0.448 e. The van der Waals surface area contributed by atoms with Gasteiger partial charge in [-0.3, -0.25) is 14.2 Å². The highest BCUT2D eigenvalue weighted by Crippen LogP contribution is 2.34. The maximum Gasteiger partial charge on any atom is 0.298 e. The summed E-state index contributed by atoms with van der Waals surface area (Å²) in [7, 11) is 0. The molecule has 4 aromatic rings. The molecule has 2 aromatic heterocycles. The number of para-hydroxylation sites is 1. The molecular weight excluding hydrogens is 422 g/mol. The molecule has 164 valence electrons. The van der Waals surface area contributed by atoms with Gasteiger partial charge in [-0.05, 0) is 50.5 Å². The van der Waals surface area contributed by atoms with Crippen LogP contribution in [0.4, 0.5) is 5.69 Å². The van der Waals surface area contributed by atoms with Gasteiger partial charge in [-0.15, -0.1) is 0 Å². The Hall–Kier alpha value is -3.06. The van der Waals surface area contributed by atoms with Gasteiger partial charge in [0.25, 0.3) is 5.56 Å². The highest BCUT2D eigenvalue weighted by molar-refractivity contribution is 7.99. The SMILES string of the molecule is Cc1ccc(NC(=O)CSc2nc3c(oc4ccccc43)c(=O)n2C2CCCC2)c(C)c1. The summed E-state index contributed by atoms with van der Waals surface area (Å²) in [6.45, 7) is 4.01. The third-order valence-corrected chi connectivity index (χ3v) is 7.03. The zero-order valence-electron chi connectivity index (χ0n) is 18.2. The maximum absolute atomic E-state index is 13.4. The van der Waals surface area contributed by atoms with Crippen molar-refractivity contribution in [1.29, 1.82) is 0 Å². The Balaban J connectivity index is 1.48. The van der Waals surface area contributed by atoms with Crippen LogP contribution in [-0.2, 0) is 4.79 Å². The second kappa shape index (κ2) is 8.47. The van der Waals surface area contributed by atoms with Crippen LogP contribution >= 0.6 is 11.8 Å². The van der Waals surface area contributed by atoms with Crippen LogP contribution in [0.1, 0.15) is 42.9 Å². The Kier molecular flexibility index (Phi) is 5.51. The Bertz CT molecular complexity index is 1380. The fourth-order valence-corrected chi connectivity index (χ4v) is 5.35. The third-order valence-electron chi connectivity index (χ3n) is 6.07. The number of anilines is 1. The highest BCUT2D eigenvalue weighted by Gasteiger charge is 2.25. The highest BCUT2D eigenvalue weighted by atomic mass is 32.2. The van der Waals surface area contributed by atoms with Crippen LogP contribution < -0.4 is 10.9 Å². The molecule has 1 aliphatic carbocycles. The van der Waals surface area contributed by atoms with Crippen molar-refractivity contribution in [2.24, 2.45) is 0 Å². The fraction of sp³-hybridized carbons (Fsp3) is 0.320. The van der Waals surface area contributed by atoms with Crippen molar-refractivity contribution in [1.82, 2.24) is 9.55 Å². The number of hydrogen-bond donors (Lipinski definition) is 1. The third kappa shape index (κ3) is 3.81. The molecule has 0 unspecified atom stereocenters. The molecule has 0 aliphatic heterocycles. The lowest BCUT2D eigenvalue weighted by Gasteiger charge is -2.17. The fourth-order valence-electron chi connectivity index (χ4n) is 4.49. The summed E-state index contributed by atoms with van der Waals surface area (Å²) in [4.78, 5) is 31.0. The molecule has 6 nitrogen and oxygen atoms in total. The monoisotopic (exact) mass is 447 g/mol. The van der Waals surface area contributed by atoms with E-state index in [0.717, 1.165) is 47.9 Å². The number of thioether (sulfide) groups is 1. The number of hydrogen-bond acceptors (Lipinski definition) is 5. The molecule has 1 amide bonds. The Morgan fingerprint density at radius 1 is 1.19 bits per heavy atom. The van der Waals surface area contributed by atoms with E-state index in [1.807, 2.05) is 56.3 Å². The lowest BCUT2D eigenvalue weighted by Crippen LogP contribution is -2.26. The summed E-state index contributed by atoms with van der Waals surface area (Å²) in [5, 5.41) is 4.38. The first-order valence-corrected chi connectivity index (χ1v) is 11.9. The molecule has 0 spiro atoms. The van der Waals surface area contributed by atoms with Gasteiger partial charge in [0.1, 0.15) is 11.1 Å². The summed E-state index contributed by atoms with van der Waals surface area (Å²) in [6, 6.07) is 13.6. The Labute approximate surface area is 190 Å². The van der Waals surface area contributed by atoms with Gasteiger partial charge in [-0.1, -0.05) is 54.4 Å². The van der Waals surface area contributed by atoms with E-state index < -0.39 is 0 Å². The number of aryl methyl sites for hydroxylation is 2. The molecule has 1 fully saturated rings. The van der Waals surface area contributed by atoms with E-state index in [9.17, 15) is 9.59 Å². The molecule has 5 rings (SSSR count). The van der Waals surface area contributed by atoms with Crippen molar-refractivity contribution in [2.45, 2.75) is 50.7 Å². The molecule has 2 aromatic carbocycles. The van der Waals surface area contributed by atoms with Gasteiger partial charge < -0.3 is 9.73 Å². The van der Waals surface area contributed by atoms with Crippen LogP contribution in [0.15, 0.2) is 56.8 Å². The van der Waals surface area contributed by atoms with Crippen molar-refractivity contribution in [3.63, 3.8) is 0 Å². The van der Waals surface area contributed by atoms with Crippen molar-refractivity contribution in [3.05, 3.63) is 63.9 Å². The number of benzene rings is 2. The number of nitrogens with one attached hydrogen (secondary N) is 1. The van der Waals surface area contributed by atoms with Gasteiger partial charge >= 0.3 is 0 Å². The van der Waals surface area contributed by atoms with Gasteiger partial charge in [0, 0.05) is 17.1 Å². The van der Waals surface area contributed by atoms with Gasteiger partial charge in [0.05, 0.1) is 5.75 Å². The van der Waals surface area contributed by atoms with Crippen molar-refractivity contribution in [3.8, 4) is 0 Å². The first kappa shape index (κ1) is 20.8. The van der Waals surface area contributed by atoms with E-state index in [1.165, 1.54) is 11.8 Å². The van der Waals surface area contributed by atoms with E-state index in [-0.39, 0.29) is 23.3 Å². The zero-order chi connectivity index (χ0) is 22.2. The summed E-state index contributed by atoms with van der Waals surface area (Å²) in [5.41, 5.74) is 4.34. The van der Waals surface area contributed by atoms with E-state index in [1.54, 1.807) is 4.57 Å². The number of furan rings is 1. The maximum atomic E-state index is 13.4. The smallest absolute Gasteiger partial charge is 0.298 e. The molecule has 0 saturated heterocycles. The molecule has 1 saturated carbocycles. The predicted octanol–water partition coefficient (Wildman–Crippen LogP) is 5.61. The van der Waals surface area contributed by atoms with Crippen LogP contribution in [0.3, 0.4) is 0 Å². The van der Waals surface area contributed by atoms with E-state index in [2.05, 4.69) is 5.32 Å². The molecule has 1 N–H and O–H groups in total. The van der Waals surface area contributed by atoms with Crippen LogP contribution in [0.25, 0.3) is 22.1 Å². The molecule has 0 bridgehead atoms. The molecular formula is C25H25N3O3S. The summed E-state index contributed by atoms with van der Waals surface area (Å²) < 4.78 is 7.64. The number of amides is 1. The lowest BCUT2D eigenvalue weighted by atomic mass is 10.1. The van der Waals surface area contributed by atoms with E-state index in [4.69, 9.17) is 9.40 Å². The van der Waals surface area contributed by atoms with Crippen molar-refractivity contribution < 1.29 is 9.21 Å². The van der Waals surface area contributed by atoms with Crippen LogP contribution in [0.5, 0.6) is 0 Å². The Morgan fingerprint density at radius 2 is 1.97 bits per heavy atom. The van der Waals surface area contributed by atoms with Gasteiger partial charge in [-0.25, -0.2) is 4.98 Å². The molecule has 7 heteroatoms. The topological polar surface area (TPSA) is 77.1 Å². The number of carbonyl (C=O) groups is 1. The van der Waals surface area contributed by atoms with Crippen LogP contribution in [-0.4, -0.2) is 21.2 Å². The quantitative estimate of drug-likeness (QED) is 0.318. The van der Waals surface area contributed by atoms with E-state index >= 15 is 0 Å². The number of nitrogens with zero attached hydrogens (tertiary/aromatic N) is 2. The number of rotatable bonds is 5. The summed E-state index contributed by atoms with van der Waals surface area (Å²) >= 11 is 1.31. The van der Waals surface area contributed by atoms with Crippen molar-refractivity contribution >= 4 is 45.4 Å². The molecule has 1 aliphatic rings. The molecule has 0 radical (unpaired) electrons. The van der Waals surface area contributed by atoms with Gasteiger partial charge in [0.2, 0.25) is 11.5 Å². The van der Waals surface area contributed by atoms with Crippen molar-refractivity contribution in [2.75, 3.05) is 11.1 Å². The number of carbonyl (C=O) groups excluding carboxylic acids is 1. The minimum atomic E-state index is -0.157. The first-order chi connectivity index (χ1) is 15.5. The average Bonchev–Trinajstić information content (AvgIpc) is 3.43. The standard InChI is InChI=1S/C25H25N3O3S/c1-15-11-12-19(16(2)13-15)26-21(29)14-32-25-27-22-18-9-5-6-10-20(18)31-23(22)24(30)28(25)17-7-3-4-8-17/h5-6,9-13,17H,3-4,7-8,14H2,1-2H3,(H,26,29). The van der Waals surface area contributed by atoms with E-state index in [0.29, 0.717) is 21.8 Å². The van der Waals surface area contributed by atoms with Crippen LogP contribution in [0, 0.1) is 13.8 Å². The largest absolute Gasteiger partial charge is 0.448 e.